The number of hydrogen-bond acceptors (Lipinski definition) is 0. The van der Waals surface area contributed by atoms with Gasteiger partial charge in [-0.2, -0.15) is 0 Å². The lowest BCUT2D eigenvalue weighted by Gasteiger charge is -2.03. The van der Waals surface area contributed by atoms with Crippen molar-refractivity contribution >= 4 is 0 Å². The molecule has 1 heteroatoms. The van der Waals surface area contributed by atoms with Gasteiger partial charge in [-0.3, -0.25) is 0 Å². The summed E-state index contributed by atoms with van der Waals surface area (Å²) < 4.78 is 13.6. The van der Waals surface area contributed by atoms with Gasteiger partial charge in [-0.05, 0) is 28.4 Å². The highest BCUT2D eigenvalue weighted by Gasteiger charge is 2.65. The molecule has 0 unspecified atom stereocenters. The van der Waals surface area contributed by atoms with Crippen LogP contribution in [0.3, 0.4) is 0 Å². The monoisotopic (exact) mass is 192 g/mol. The predicted molar refractivity (Wildman–Crippen MR) is 56.7 cm³/mol. The third kappa shape index (κ3) is 1.05. The standard InChI is InChI=1S/C13H17F/c1-12(2)11(13(12,3)4)9-7-5-6-8-10(9)14/h5-8,11H,1-4H3. The molecule has 2 rings (SSSR count). The summed E-state index contributed by atoms with van der Waals surface area (Å²) in [6.45, 7) is 8.85. The SMILES string of the molecule is CC1(C)C(c2ccccc2F)C1(C)C. The summed E-state index contributed by atoms with van der Waals surface area (Å²) >= 11 is 0. The van der Waals surface area contributed by atoms with Gasteiger partial charge >= 0.3 is 0 Å². The quantitative estimate of drug-likeness (QED) is 0.631. The van der Waals surface area contributed by atoms with Crippen LogP contribution in [0.4, 0.5) is 4.39 Å². The number of benzene rings is 1. The van der Waals surface area contributed by atoms with Gasteiger partial charge in [-0.1, -0.05) is 45.9 Å². The molecular weight excluding hydrogens is 175 g/mol. The van der Waals surface area contributed by atoms with E-state index in [1.165, 1.54) is 0 Å². The van der Waals surface area contributed by atoms with E-state index >= 15 is 0 Å². The van der Waals surface area contributed by atoms with Crippen molar-refractivity contribution in [1.29, 1.82) is 0 Å². The second-order valence-electron chi connectivity index (χ2n) is 5.40. The molecule has 1 aromatic carbocycles. The van der Waals surface area contributed by atoms with E-state index in [1.807, 2.05) is 12.1 Å². The molecule has 0 saturated heterocycles. The molecule has 1 aliphatic rings. The summed E-state index contributed by atoms with van der Waals surface area (Å²) in [6, 6.07) is 7.14. The van der Waals surface area contributed by atoms with Gasteiger partial charge in [-0.15, -0.1) is 0 Å². The Bertz CT molecular complexity index is 349. The molecular formula is C13H17F. The van der Waals surface area contributed by atoms with Gasteiger partial charge in [-0.25, -0.2) is 4.39 Å². The van der Waals surface area contributed by atoms with E-state index < -0.39 is 0 Å². The summed E-state index contributed by atoms with van der Waals surface area (Å²) in [5.74, 6) is 0.298. The van der Waals surface area contributed by atoms with Crippen molar-refractivity contribution in [3.05, 3.63) is 35.6 Å². The summed E-state index contributed by atoms with van der Waals surface area (Å²) in [5, 5.41) is 0. The van der Waals surface area contributed by atoms with Gasteiger partial charge < -0.3 is 0 Å². The van der Waals surface area contributed by atoms with E-state index in [0.29, 0.717) is 5.92 Å². The Balaban J connectivity index is 2.41. The lowest BCUT2D eigenvalue weighted by Crippen LogP contribution is -1.95. The molecule has 1 saturated carbocycles. The Morgan fingerprint density at radius 3 is 1.93 bits per heavy atom. The molecule has 0 amide bonds. The van der Waals surface area contributed by atoms with Crippen molar-refractivity contribution in [1.82, 2.24) is 0 Å². The second-order valence-corrected chi connectivity index (χ2v) is 5.40. The van der Waals surface area contributed by atoms with Gasteiger partial charge in [0.25, 0.3) is 0 Å². The number of rotatable bonds is 1. The van der Waals surface area contributed by atoms with Crippen LogP contribution in [0.5, 0.6) is 0 Å². The van der Waals surface area contributed by atoms with Crippen molar-refractivity contribution < 1.29 is 4.39 Å². The van der Waals surface area contributed by atoms with Crippen LogP contribution in [0.1, 0.15) is 39.2 Å². The van der Waals surface area contributed by atoms with Crippen LogP contribution in [-0.4, -0.2) is 0 Å². The normalized spacial score (nSPS) is 23.5. The molecule has 0 N–H and O–H groups in total. The molecule has 0 heterocycles. The van der Waals surface area contributed by atoms with Crippen LogP contribution in [-0.2, 0) is 0 Å². The van der Waals surface area contributed by atoms with E-state index in [0.717, 1.165) is 5.56 Å². The van der Waals surface area contributed by atoms with Crippen molar-refractivity contribution in [2.24, 2.45) is 10.8 Å². The zero-order chi connectivity index (χ0) is 10.6. The minimum atomic E-state index is -0.0591. The highest BCUT2D eigenvalue weighted by molar-refractivity contribution is 5.35. The van der Waals surface area contributed by atoms with Crippen LogP contribution in [0.15, 0.2) is 24.3 Å². The molecule has 1 aromatic rings. The van der Waals surface area contributed by atoms with Crippen molar-refractivity contribution in [2.45, 2.75) is 33.6 Å². The topological polar surface area (TPSA) is 0 Å². The summed E-state index contributed by atoms with van der Waals surface area (Å²) in [7, 11) is 0. The van der Waals surface area contributed by atoms with Gasteiger partial charge in [0.15, 0.2) is 0 Å². The predicted octanol–water partition coefficient (Wildman–Crippen LogP) is 3.98. The zero-order valence-electron chi connectivity index (χ0n) is 9.26. The number of halogens is 1. The Kier molecular flexibility index (Phi) is 1.79. The highest BCUT2D eigenvalue weighted by atomic mass is 19.1. The highest BCUT2D eigenvalue weighted by Crippen LogP contribution is 2.73. The molecule has 1 fully saturated rings. The molecule has 0 bridgehead atoms. The Morgan fingerprint density at radius 1 is 1.00 bits per heavy atom. The maximum absolute atomic E-state index is 13.6. The Labute approximate surface area is 85.1 Å². The first-order chi connectivity index (χ1) is 6.39. The molecule has 0 aliphatic heterocycles. The van der Waals surface area contributed by atoms with E-state index in [4.69, 9.17) is 0 Å². The van der Waals surface area contributed by atoms with Crippen molar-refractivity contribution in [3.8, 4) is 0 Å². The fourth-order valence-electron chi connectivity index (χ4n) is 2.68. The van der Waals surface area contributed by atoms with E-state index in [9.17, 15) is 4.39 Å². The van der Waals surface area contributed by atoms with E-state index in [-0.39, 0.29) is 16.6 Å². The smallest absolute Gasteiger partial charge is 0.126 e. The van der Waals surface area contributed by atoms with Gasteiger partial charge in [0.2, 0.25) is 0 Å². The maximum atomic E-state index is 13.6. The average molecular weight is 192 g/mol. The molecule has 0 spiro atoms. The van der Waals surface area contributed by atoms with Gasteiger partial charge in [0.05, 0.1) is 0 Å². The molecule has 0 aromatic heterocycles. The van der Waals surface area contributed by atoms with Gasteiger partial charge in [0.1, 0.15) is 5.82 Å². The maximum Gasteiger partial charge on any atom is 0.126 e. The second kappa shape index (κ2) is 2.59. The van der Waals surface area contributed by atoms with Crippen LogP contribution in [0.2, 0.25) is 0 Å². The zero-order valence-corrected chi connectivity index (χ0v) is 9.26. The van der Waals surface area contributed by atoms with Gasteiger partial charge in [0, 0.05) is 0 Å². The van der Waals surface area contributed by atoms with Crippen LogP contribution < -0.4 is 0 Å². The van der Waals surface area contributed by atoms with Crippen LogP contribution >= 0.6 is 0 Å². The molecule has 14 heavy (non-hydrogen) atoms. The van der Waals surface area contributed by atoms with Crippen LogP contribution in [0.25, 0.3) is 0 Å². The first-order valence-electron chi connectivity index (χ1n) is 5.13. The van der Waals surface area contributed by atoms with Crippen molar-refractivity contribution in [3.63, 3.8) is 0 Å². The first kappa shape index (κ1) is 9.70. The summed E-state index contributed by atoms with van der Waals surface area (Å²) in [4.78, 5) is 0. The summed E-state index contributed by atoms with van der Waals surface area (Å²) in [6.07, 6.45) is 0. The minimum Gasteiger partial charge on any atom is -0.207 e. The molecule has 1 aliphatic carbocycles. The first-order valence-corrected chi connectivity index (χ1v) is 5.13. The molecule has 0 nitrogen and oxygen atoms in total. The largest absolute Gasteiger partial charge is 0.207 e. The third-order valence-corrected chi connectivity index (χ3v) is 4.24. The fraction of sp³-hybridized carbons (Fsp3) is 0.538. The molecule has 0 atom stereocenters. The van der Waals surface area contributed by atoms with E-state index in [1.54, 1.807) is 12.1 Å². The molecule has 0 radical (unpaired) electrons. The number of hydrogen-bond donors (Lipinski definition) is 0. The summed E-state index contributed by atoms with van der Waals surface area (Å²) in [5.41, 5.74) is 1.31. The average Bonchev–Trinajstić information content (AvgIpc) is 2.46. The fourth-order valence-corrected chi connectivity index (χ4v) is 2.68. The third-order valence-electron chi connectivity index (χ3n) is 4.24. The Morgan fingerprint density at radius 2 is 1.50 bits per heavy atom. The molecule has 76 valence electrons. The van der Waals surface area contributed by atoms with Crippen LogP contribution in [0, 0.1) is 16.6 Å². The Hall–Kier alpha value is -0.850. The minimum absolute atomic E-state index is 0.0591. The lowest BCUT2D eigenvalue weighted by atomic mass is 10.0. The lowest BCUT2D eigenvalue weighted by molar-refractivity contribution is 0.457. The van der Waals surface area contributed by atoms with E-state index in [2.05, 4.69) is 27.7 Å². The van der Waals surface area contributed by atoms with Crippen molar-refractivity contribution in [2.75, 3.05) is 0 Å².